The zero-order valence-corrected chi connectivity index (χ0v) is 25.2. The van der Waals surface area contributed by atoms with E-state index in [1.54, 1.807) is 45.8 Å². The number of carbonyl (C=O) groups is 2. The number of rotatable bonds is 7. The van der Waals surface area contributed by atoms with E-state index in [1.807, 2.05) is 91.0 Å². The van der Waals surface area contributed by atoms with Crippen LogP contribution in [0, 0.1) is 0 Å². The maximum atomic E-state index is 13.9. The monoisotopic (exact) mass is 609 g/mol. The molecule has 0 bridgehead atoms. The number of para-hydroxylation sites is 1. The quantitative estimate of drug-likeness (QED) is 0.244. The summed E-state index contributed by atoms with van der Waals surface area (Å²) in [5, 5.41) is 8.10. The lowest BCUT2D eigenvalue weighted by molar-refractivity contribution is 0.0533. The average Bonchev–Trinajstić information content (AvgIpc) is 3.56. The van der Waals surface area contributed by atoms with Crippen molar-refractivity contribution in [2.75, 3.05) is 38.6 Å². The van der Waals surface area contributed by atoms with Gasteiger partial charge in [-0.05, 0) is 54.6 Å². The smallest absolute Gasteiger partial charge is 0.272 e. The molecule has 228 valence electrons. The molecule has 0 saturated carbocycles. The van der Waals surface area contributed by atoms with Crippen molar-refractivity contribution in [1.82, 2.24) is 29.4 Å². The number of aromatic nitrogens is 4. The van der Waals surface area contributed by atoms with Gasteiger partial charge in [-0.15, -0.1) is 0 Å². The molecule has 3 aromatic carbocycles. The van der Waals surface area contributed by atoms with Gasteiger partial charge in [-0.3, -0.25) is 9.59 Å². The maximum Gasteiger partial charge on any atom is 0.272 e. The Morgan fingerprint density at radius 1 is 0.739 bits per heavy atom. The van der Waals surface area contributed by atoms with Crippen LogP contribution in [0.15, 0.2) is 115 Å². The second-order valence-corrected chi connectivity index (χ2v) is 10.9. The van der Waals surface area contributed by atoms with Crippen LogP contribution in [0.3, 0.4) is 0 Å². The minimum Gasteiger partial charge on any atom is -0.497 e. The number of amides is 2. The first kappa shape index (κ1) is 28.7. The van der Waals surface area contributed by atoms with Crippen LogP contribution in [0.2, 0.25) is 0 Å². The van der Waals surface area contributed by atoms with Crippen molar-refractivity contribution in [2.45, 2.75) is 0 Å². The predicted molar refractivity (Wildman–Crippen MR) is 176 cm³/mol. The number of nitrogens with zero attached hydrogens (tertiary/aromatic N) is 6. The fraction of sp³-hybridized carbons (Fsp3) is 0.139. The minimum absolute atomic E-state index is 0.132. The Balaban J connectivity index is 1.13. The highest BCUT2D eigenvalue weighted by molar-refractivity contribution is 6.00. The SMILES string of the molecule is COc1ccc(-c2cc(C(=O)N3CCN(C(=O)c4cccnc4Nc4ccccc4)CC3)nc3cc(-c4ccccc4)nn23)cc1. The lowest BCUT2D eigenvalue weighted by atomic mass is 10.1. The molecule has 4 heterocycles. The number of anilines is 2. The number of nitrogens with one attached hydrogen (secondary N) is 1. The number of ether oxygens (including phenoxy) is 1. The third kappa shape index (κ3) is 5.75. The molecule has 10 nitrogen and oxygen atoms in total. The predicted octanol–water partition coefficient (Wildman–Crippen LogP) is 5.81. The zero-order chi connectivity index (χ0) is 31.5. The van der Waals surface area contributed by atoms with Crippen LogP contribution < -0.4 is 10.1 Å². The van der Waals surface area contributed by atoms with Gasteiger partial charge in [-0.1, -0.05) is 48.5 Å². The lowest BCUT2D eigenvalue weighted by Gasteiger charge is -2.35. The topological polar surface area (TPSA) is 105 Å². The number of benzene rings is 3. The van der Waals surface area contributed by atoms with Crippen molar-refractivity contribution in [3.8, 4) is 28.3 Å². The molecule has 0 aliphatic carbocycles. The van der Waals surface area contributed by atoms with Gasteiger partial charge in [0.15, 0.2) is 5.65 Å². The Kier molecular flexibility index (Phi) is 7.82. The van der Waals surface area contributed by atoms with Gasteiger partial charge in [0.25, 0.3) is 11.8 Å². The summed E-state index contributed by atoms with van der Waals surface area (Å²) >= 11 is 0. The molecule has 1 fully saturated rings. The highest BCUT2D eigenvalue weighted by Crippen LogP contribution is 2.28. The second kappa shape index (κ2) is 12.5. The van der Waals surface area contributed by atoms with E-state index in [0.29, 0.717) is 48.9 Å². The molecular weight excluding hydrogens is 578 g/mol. The summed E-state index contributed by atoms with van der Waals surface area (Å²) < 4.78 is 7.12. The van der Waals surface area contributed by atoms with Gasteiger partial charge < -0.3 is 19.9 Å². The highest BCUT2D eigenvalue weighted by atomic mass is 16.5. The number of piperazine rings is 1. The molecule has 0 atom stereocenters. The van der Waals surface area contributed by atoms with E-state index >= 15 is 0 Å². The van der Waals surface area contributed by atoms with E-state index < -0.39 is 0 Å². The van der Waals surface area contributed by atoms with Crippen LogP contribution in [-0.2, 0) is 0 Å². The van der Waals surface area contributed by atoms with Gasteiger partial charge in [0.1, 0.15) is 17.3 Å². The summed E-state index contributed by atoms with van der Waals surface area (Å²) in [6.07, 6.45) is 1.66. The summed E-state index contributed by atoms with van der Waals surface area (Å²) in [5.41, 5.74) is 5.54. The van der Waals surface area contributed by atoms with Crippen LogP contribution in [0.5, 0.6) is 5.75 Å². The minimum atomic E-state index is -0.195. The van der Waals surface area contributed by atoms with Crippen molar-refractivity contribution < 1.29 is 14.3 Å². The molecule has 7 rings (SSSR count). The Labute approximate surface area is 265 Å². The van der Waals surface area contributed by atoms with Crippen LogP contribution in [0.25, 0.3) is 28.2 Å². The van der Waals surface area contributed by atoms with E-state index in [-0.39, 0.29) is 11.8 Å². The van der Waals surface area contributed by atoms with Crippen molar-refractivity contribution in [1.29, 1.82) is 0 Å². The largest absolute Gasteiger partial charge is 0.497 e. The highest BCUT2D eigenvalue weighted by Gasteiger charge is 2.28. The van der Waals surface area contributed by atoms with E-state index in [4.69, 9.17) is 14.8 Å². The van der Waals surface area contributed by atoms with Crippen LogP contribution in [0.1, 0.15) is 20.8 Å². The molecule has 1 aliphatic heterocycles. The first-order valence-electron chi connectivity index (χ1n) is 15.0. The van der Waals surface area contributed by atoms with E-state index in [1.165, 1.54) is 0 Å². The number of pyridine rings is 1. The first-order chi connectivity index (χ1) is 22.6. The van der Waals surface area contributed by atoms with Crippen LogP contribution in [-0.4, -0.2) is 74.5 Å². The molecule has 10 heteroatoms. The fourth-order valence-electron chi connectivity index (χ4n) is 5.58. The third-order valence-corrected chi connectivity index (χ3v) is 8.03. The van der Waals surface area contributed by atoms with Gasteiger partial charge in [0, 0.05) is 55.3 Å². The number of methoxy groups -OCH3 is 1. The molecule has 0 unspecified atom stereocenters. The Bertz CT molecular complexity index is 2000. The zero-order valence-electron chi connectivity index (χ0n) is 25.2. The first-order valence-corrected chi connectivity index (χ1v) is 15.0. The Morgan fingerprint density at radius 3 is 2.11 bits per heavy atom. The lowest BCUT2D eigenvalue weighted by Crippen LogP contribution is -2.50. The molecular formula is C36H31N7O3. The number of fused-ring (bicyclic) bond motifs is 1. The van der Waals surface area contributed by atoms with E-state index in [0.717, 1.165) is 34.0 Å². The molecule has 1 aliphatic rings. The molecule has 3 aromatic heterocycles. The summed E-state index contributed by atoms with van der Waals surface area (Å²) in [4.78, 5) is 40.2. The molecule has 2 amide bonds. The van der Waals surface area contributed by atoms with E-state index in [9.17, 15) is 9.59 Å². The van der Waals surface area contributed by atoms with Gasteiger partial charge >= 0.3 is 0 Å². The molecule has 6 aromatic rings. The summed E-state index contributed by atoms with van der Waals surface area (Å²) in [6, 6.07) is 34.3. The van der Waals surface area contributed by atoms with Gasteiger partial charge in [0.2, 0.25) is 0 Å². The summed E-state index contributed by atoms with van der Waals surface area (Å²) in [6.45, 7) is 1.54. The Hall–Kier alpha value is -6.03. The van der Waals surface area contributed by atoms with Gasteiger partial charge in [-0.2, -0.15) is 5.10 Å². The normalized spacial score (nSPS) is 13.1. The van der Waals surface area contributed by atoms with E-state index in [2.05, 4.69) is 10.3 Å². The molecule has 1 N–H and O–H groups in total. The van der Waals surface area contributed by atoms with Crippen molar-refractivity contribution in [3.63, 3.8) is 0 Å². The number of carbonyl (C=O) groups excluding carboxylic acids is 2. The third-order valence-electron chi connectivity index (χ3n) is 8.03. The number of hydrogen-bond donors (Lipinski definition) is 1. The van der Waals surface area contributed by atoms with Crippen molar-refractivity contribution >= 4 is 29.0 Å². The van der Waals surface area contributed by atoms with Crippen LogP contribution >= 0.6 is 0 Å². The number of hydrogen-bond acceptors (Lipinski definition) is 7. The average molecular weight is 610 g/mol. The maximum absolute atomic E-state index is 13.9. The van der Waals surface area contributed by atoms with Crippen molar-refractivity contribution in [3.05, 3.63) is 127 Å². The van der Waals surface area contributed by atoms with Crippen molar-refractivity contribution in [2.24, 2.45) is 0 Å². The summed E-state index contributed by atoms with van der Waals surface area (Å²) in [7, 11) is 1.63. The van der Waals surface area contributed by atoms with Gasteiger partial charge in [0.05, 0.1) is 24.1 Å². The molecule has 0 radical (unpaired) electrons. The molecule has 0 spiro atoms. The fourth-order valence-corrected chi connectivity index (χ4v) is 5.58. The molecule has 46 heavy (non-hydrogen) atoms. The van der Waals surface area contributed by atoms with Crippen LogP contribution in [0.4, 0.5) is 11.5 Å². The standard InChI is InChI=1S/C36H31N7O3/c1-46-28-16-14-26(15-17-28)32-23-31(39-33-24-30(40-43(32)33)25-9-4-2-5-10-25)36(45)42-21-19-41(20-22-42)35(44)29-13-8-18-37-34(29)38-27-11-6-3-7-12-27/h2-18,23-24H,19-22H2,1H3,(H,37,38). The molecule has 1 saturated heterocycles. The second-order valence-electron chi connectivity index (χ2n) is 10.9. The van der Waals surface area contributed by atoms with Gasteiger partial charge in [-0.25, -0.2) is 14.5 Å². The Morgan fingerprint density at radius 2 is 1.41 bits per heavy atom. The summed E-state index contributed by atoms with van der Waals surface area (Å²) in [5.74, 6) is 0.904.